The Morgan fingerprint density at radius 1 is 0.667 bits per heavy atom. The number of aliphatic hydroxyl groups is 1. The molecular formula is C14H26O. The highest BCUT2D eigenvalue weighted by Gasteiger charge is 2.24. The summed E-state index contributed by atoms with van der Waals surface area (Å²) in [6.07, 6.45) is 14.3. The van der Waals surface area contributed by atoms with Gasteiger partial charge in [-0.3, -0.25) is 0 Å². The summed E-state index contributed by atoms with van der Waals surface area (Å²) in [6, 6.07) is 0. The SMILES string of the molecule is OCC1CCC(CC2CCCCC2)CC1. The summed E-state index contributed by atoms with van der Waals surface area (Å²) in [5.41, 5.74) is 0. The summed E-state index contributed by atoms with van der Waals surface area (Å²) >= 11 is 0. The van der Waals surface area contributed by atoms with E-state index in [1.165, 1.54) is 64.2 Å². The fraction of sp³-hybridized carbons (Fsp3) is 1.00. The number of rotatable bonds is 3. The van der Waals surface area contributed by atoms with Gasteiger partial charge < -0.3 is 5.11 Å². The maximum absolute atomic E-state index is 9.10. The molecule has 0 spiro atoms. The number of aliphatic hydroxyl groups excluding tert-OH is 1. The van der Waals surface area contributed by atoms with Crippen LogP contribution in [0.4, 0.5) is 0 Å². The van der Waals surface area contributed by atoms with E-state index >= 15 is 0 Å². The highest BCUT2D eigenvalue weighted by Crippen LogP contribution is 2.36. The third-order valence-corrected chi connectivity index (χ3v) is 4.62. The van der Waals surface area contributed by atoms with Gasteiger partial charge in [0.2, 0.25) is 0 Å². The predicted octanol–water partition coefficient (Wildman–Crippen LogP) is 3.76. The van der Waals surface area contributed by atoms with E-state index in [-0.39, 0.29) is 0 Å². The Kier molecular flexibility index (Phi) is 4.49. The smallest absolute Gasteiger partial charge is 0.0459 e. The van der Waals surface area contributed by atoms with Crippen LogP contribution in [0.3, 0.4) is 0 Å². The highest BCUT2D eigenvalue weighted by atomic mass is 16.3. The van der Waals surface area contributed by atoms with Crippen LogP contribution >= 0.6 is 0 Å². The molecule has 2 rings (SSSR count). The molecule has 0 aromatic heterocycles. The van der Waals surface area contributed by atoms with E-state index in [0.717, 1.165) is 11.8 Å². The van der Waals surface area contributed by atoms with Crippen molar-refractivity contribution in [3.8, 4) is 0 Å². The van der Waals surface area contributed by atoms with E-state index in [4.69, 9.17) is 5.11 Å². The van der Waals surface area contributed by atoms with Crippen molar-refractivity contribution in [1.29, 1.82) is 0 Å². The van der Waals surface area contributed by atoms with Crippen LogP contribution in [0.25, 0.3) is 0 Å². The fourth-order valence-electron chi connectivity index (χ4n) is 3.54. The average Bonchev–Trinajstić information content (AvgIpc) is 2.31. The quantitative estimate of drug-likeness (QED) is 0.752. The third-order valence-electron chi connectivity index (χ3n) is 4.62. The van der Waals surface area contributed by atoms with Gasteiger partial charge in [0.05, 0.1) is 0 Å². The van der Waals surface area contributed by atoms with Crippen LogP contribution in [0.5, 0.6) is 0 Å². The molecule has 88 valence electrons. The molecule has 2 aliphatic rings. The first-order valence-electron chi connectivity index (χ1n) is 6.99. The maximum atomic E-state index is 9.10. The van der Waals surface area contributed by atoms with Gasteiger partial charge in [-0.2, -0.15) is 0 Å². The van der Waals surface area contributed by atoms with Crippen LogP contribution in [-0.4, -0.2) is 11.7 Å². The summed E-state index contributed by atoms with van der Waals surface area (Å²) in [7, 11) is 0. The van der Waals surface area contributed by atoms with Crippen LogP contribution in [0, 0.1) is 17.8 Å². The van der Waals surface area contributed by atoms with Crippen LogP contribution in [0.15, 0.2) is 0 Å². The molecule has 15 heavy (non-hydrogen) atoms. The van der Waals surface area contributed by atoms with Gasteiger partial charge in [0.15, 0.2) is 0 Å². The Bertz CT molecular complexity index is 164. The molecule has 0 unspecified atom stereocenters. The van der Waals surface area contributed by atoms with E-state index in [1.807, 2.05) is 0 Å². The van der Waals surface area contributed by atoms with Crippen LogP contribution < -0.4 is 0 Å². The molecule has 0 atom stereocenters. The molecule has 0 bridgehead atoms. The van der Waals surface area contributed by atoms with Crippen molar-refractivity contribution in [3.05, 3.63) is 0 Å². The molecule has 0 heterocycles. The van der Waals surface area contributed by atoms with Crippen molar-refractivity contribution in [2.75, 3.05) is 6.61 Å². The van der Waals surface area contributed by atoms with Gasteiger partial charge in [0.1, 0.15) is 0 Å². The minimum Gasteiger partial charge on any atom is -0.396 e. The van der Waals surface area contributed by atoms with E-state index < -0.39 is 0 Å². The normalized spacial score (nSPS) is 34.2. The van der Waals surface area contributed by atoms with Crippen molar-refractivity contribution in [1.82, 2.24) is 0 Å². The lowest BCUT2D eigenvalue weighted by Crippen LogP contribution is -2.20. The molecule has 0 aliphatic heterocycles. The maximum Gasteiger partial charge on any atom is 0.0459 e. The van der Waals surface area contributed by atoms with Gasteiger partial charge in [-0.05, 0) is 37.0 Å². The fourth-order valence-corrected chi connectivity index (χ4v) is 3.54. The average molecular weight is 210 g/mol. The van der Waals surface area contributed by atoms with Crippen LogP contribution in [-0.2, 0) is 0 Å². The van der Waals surface area contributed by atoms with Crippen molar-refractivity contribution in [2.24, 2.45) is 17.8 Å². The summed E-state index contributed by atoms with van der Waals surface area (Å²) in [6.45, 7) is 0.427. The molecule has 0 aromatic rings. The van der Waals surface area contributed by atoms with E-state index in [1.54, 1.807) is 0 Å². The second kappa shape index (κ2) is 5.89. The standard InChI is InChI=1S/C14H26O/c15-11-14-8-6-13(7-9-14)10-12-4-2-1-3-5-12/h12-15H,1-11H2. The van der Waals surface area contributed by atoms with E-state index in [0.29, 0.717) is 12.5 Å². The van der Waals surface area contributed by atoms with Gasteiger partial charge in [-0.25, -0.2) is 0 Å². The molecule has 0 aromatic carbocycles. The lowest BCUT2D eigenvalue weighted by atomic mass is 9.75. The monoisotopic (exact) mass is 210 g/mol. The summed E-state index contributed by atoms with van der Waals surface area (Å²) in [5, 5.41) is 9.10. The van der Waals surface area contributed by atoms with Crippen LogP contribution in [0.2, 0.25) is 0 Å². The molecule has 0 saturated heterocycles. The minimum absolute atomic E-state index is 0.427. The number of hydrogen-bond acceptors (Lipinski definition) is 1. The Morgan fingerprint density at radius 3 is 1.80 bits per heavy atom. The molecule has 1 nitrogen and oxygen atoms in total. The molecule has 2 fully saturated rings. The number of hydrogen-bond donors (Lipinski definition) is 1. The second-order valence-electron chi connectivity index (χ2n) is 5.81. The van der Waals surface area contributed by atoms with E-state index in [2.05, 4.69) is 0 Å². The van der Waals surface area contributed by atoms with Gasteiger partial charge in [-0.15, -0.1) is 0 Å². The zero-order chi connectivity index (χ0) is 10.5. The van der Waals surface area contributed by atoms with Gasteiger partial charge >= 0.3 is 0 Å². The van der Waals surface area contributed by atoms with Crippen molar-refractivity contribution in [3.63, 3.8) is 0 Å². The molecular weight excluding hydrogens is 184 g/mol. The highest BCUT2D eigenvalue weighted by molar-refractivity contribution is 4.76. The molecule has 2 aliphatic carbocycles. The van der Waals surface area contributed by atoms with Gasteiger partial charge in [0, 0.05) is 6.61 Å². The lowest BCUT2D eigenvalue weighted by Gasteiger charge is -2.31. The lowest BCUT2D eigenvalue weighted by molar-refractivity contribution is 0.151. The Morgan fingerprint density at radius 2 is 1.20 bits per heavy atom. The first-order valence-corrected chi connectivity index (χ1v) is 6.99. The Labute approximate surface area is 94.3 Å². The first-order chi connectivity index (χ1) is 7.38. The van der Waals surface area contributed by atoms with Crippen molar-refractivity contribution in [2.45, 2.75) is 64.2 Å². The van der Waals surface area contributed by atoms with Crippen molar-refractivity contribution >= 4 is 0 Å². The second-order valence-corrected chi connectivity index (χ2v) is 5.81. The molecule has 2 saturated carbocycles. The molecule has 0 radical (unpaired) electrons. The first kappa shape index (κ1) is 11.4. The topological polar surface area (TPSA) is 20.2 Å². The van der Waals surface area contributed by atoms with Crippen LogP contribution in [0.1, 0.15) is 64.2 Å². The molecule has 1 N–H and O–H groups in total. The molecule has 0 amide bonds. The Balaban J connectivity index is 1.67. The van der Waals surface area contributed by atoms with Gasteiger partial charge in [0.25, 0.3) is 0 Å². The third kappa shape index (κ3) is 3.48. The predicted molar refractivity (Wildman–Crippen MR) is 63.7 cm³/mol. The minimum atomic E-state index is 0.427. The molecule has 1 heteroatoms. The summed E-state index contributed by atoms with van der Waals surface area (Å²) < 4.78 is 0. The summed E-state index contributed by atoms with van der Waals surface area (Å²) in [4.78, 5) is 0. The van der Waals surface area contributed by atoms with Crippen molar-refractivity contribution < 1.29 is 5.11 Å². The van der Waals surface area contributed by atoms with E-state index in [9.17, 15) is 0 Å². The zero-order valence-corrected chi connectivity index (χ0v) is 9.96. The summed E-state index contributed by atoms with van der Waals surface area (Å²) in [5.74, 6) is 2.68. The van der Waals surface area contributed by atoms with Gasteiger partial charge in [-0.1, -0.05) is 44.9 Å². The largest absolute Gasteiger partial charge is 0.396 e. The Hall–Kier alpha value is -0.0400. The zero-order valence-electron chi connectivity index (χ0n) is 9.96.